The zero-order valence-corrected chi connectivity index (χ0v) is 34.9. The van der Waals surface area contributed by atoms with Crippen LogP contribution in [0.15, 0.2) is 56.7 Å². The lowest BCUT2D eigenvalue weighted by Gasteiger charge is -2.25. The highest BCUT2D eigenvalue weighted by atomic mass is 32.2. The minimum Gasteiger partial charge on any atom is -0.748 e. The first-order valence-corrected chi connectivity index (χ1v) is 22.4. The number of amides is 2. The normalized spacial score (nSPS) is 13.5. The number of imide groups is 1. The van der Waals surface area contributed by atoms with Gasteiger partial charge in [-0.05, 0) is 76.9 Å². The highest BCUT2D eigenvalue weighted by Crippen LogP contribution is 2.45. The number of carboxylic acid groups (broad SMARTS) is 1. The number of anilines is 1. The number of aromatic carboxylic acids is 1. The second-order valence-corrected chi connectivity index (χ2v) is 18.5. The van der Waals surface area contributed by atoms with Gasteiger partial charge in [0.1, 0.15) is 15.0 Å². The van der Waals surface area contributed by atoms with E-state index in [0.717, 1.165) is 42.4 Å². The Morgan fingerprint density at radius 3 is 2.03 bits per heavy atom. The quantitative estimate of drug-likeness (QED) is 0.0361. The van der Waals surface area contributed by atoms with Crippen LogP contribution in [0.1, 0.15) is 82.0 Å². The highest BCUT2D eigenvalue weighted by Gasteiger charge is 2.35. The molecule has 0 bridgehead atoms. The molecule has 2 amide bonds. The molecule has 1 fully saturated rings. The fraction of sp³-hybridized carbons (Fsp3) is 0.378. The number of nitrogen functional groups attached to an aromatic ring is 1. The first-order chi connectivity index (χ1) is 27.3. The Balaban J connectivity index is 0.000000861. The third-order valence-corrected chi connectivity index (χ3v) is 12.5. The van der Waals surface area contributed by atoms with Crippen LogP contribution in [0, 0.1) is 0 Å². The standard InChI is InChI=1S/C28H24N4O15S3.C8H19N.CH4/c29-18-6-4-15-22(14-3-2-13(12-17(14)27(35)36)28(37)47-32-20(33)8-9-21(32)34)16-5-7-19(30)26(50(43,44)45)24(16)46-23(15)25(18)49(41,42)31-10-1-11-48(38,39)40;1-6-9(7(2)3)8(4)5;/h2-7,12,30-31H,1,8-11,29H2,(H,35,36)(H,38,39,40)(H,43,44,45);7-8H,6H2,1-5H3;1H4. The molecule has 0 atom stereocenters. The van der Waals surface area contributed by atoms with Gasteiger partial charge in [0.15, 0.2) is 16.2 Å². The minimum atomic E-state index is -5.47. The van der Waals surface area contributed by atoms with Crippen LogP contribution in [0.3, 0.4) is 0 Å². The summed E-state index contributed by atoms with van der Waals surface area (Å²) in [5.74, 6) is -6.28. The average Bonchev–Trinajstić information content (AvgIpc) is 3.43. The van der Waals surface area contributed by atoms with Crippen LogP contribution in [-0.2, 0) is 44.7 Å². The molecule has 2 aromatic rings. The molecule has 2 heterocycles. The number of quaternary nitrogens is 1. The molecule has 0 unspecified atom stereocenters. The van der Waals surface area contributed by atoms with E-state index in [2.05, 4.69) is 39.3 Å². The van der Waals surface area contributed by atoms with Crippen LogP contribution in [0.5, 0.6) is 0 Å². The van der Waals surface area contributed by atoms with Gasteiger partial charge in [0, 0.05) is 47.7 Å². The van der Waals surface area contributed by atoms with Crippen molar-refractivity contribution in [2.45, 2.75) is 83.2 Å². The highest BCUT2D eigenvalue weighted by molar-refractivity contribution is 7.90. The summed E-state index contributed by atoms with van der Waals surface area (Å²) in [7, 11) is -15.0. The topological polar surface area (TPSA) is 331 Å². The predicted molar refractivity (Wildman–Crippen MR) is 212 cm³/mol. The van der Waals surface area contributed by atoms with Gasteiger partial charge in [0.25, 0.3) is 11.8 Å². The Bertz CT molecular complexity index is 2670. The number of carboxylic acids is 1. The van der Waals surface area contributed by atoms with Crippen LogP contribution < -0.4 is 26.1 Å². The van der Waals surface area contributed by atoms with E-state index in [0.29, 0.717) is 0 Å². The van der Waals surface area contributed by atoms with Crippen molar-refractivity contribution < 1.29 is 78.2 Å². The molecule has 1 aliphatic carbocycles. The maximum Gasteiger partial charge on any atom is 0.363 e. The van der Waals surface area contributed by atoms with Crippen LogP contribution in [-0.4, -0.2) is 99.2 Å². The van der Waals surface area contributed by atoms with E-state index in [1.54, 1.807) is 4.90 Å². The summed E-state index contributed by atoms with van der Waals surface area (Å²) >= 11 is 0. The second-order valence-electron chi connectivity index (χ2n) is 13.9. The smallest absolute Gasteiger partial charge is 0.363 e. The molecule has 5 rings (SSSR count). The number of benzene rings is 3. The van der Waals surface area contributed by atoms with Crippen LogP contribution in [0.4, 0.5) is 5.69 Å². The molecule has 0 aromatic heterocycles. The summed E-state index contributed by atoms with van der Waals surface area (Å²) in [5, 5.41) is 15.5. The van der Waals surface area contributed by atoms with Crippen molar-refractivity contribution in [2.75, 3.05) is 24.6 Å². The SMILES string of the molecule is C.CC[NH+](C(C)C)C(C)C.Nc1ccc2c(-c3ccc(C(=O)ON4C(=O)CCC4=O)cc3C(=O)O)c3ccc(=[NH2+])c(S(=O)(=O)[O-])c-3oc2c1S(=O)(=O)NCCCS(=O)(=O)[O-]. The lowest BCUT2D eigenvalue weighted by atomic mass is 9.89. The van der Waals surface area contributed by atoms with E-state index < -0.39 is 116 Å². The summed E-state index contributed by atoms with van der Waals surface area (Å²) in [6, 6.07) is 8.93. The number of hydroxylamine groups is 2. The largest absolute Gasteiger partial charge is 0.748 e. The number of sulfonamides is 1. The summed E-state index contributed by atoms with van der Waals surface area (Å²) in [4.78, 5) is 53.9. The van der Waals surface area contributed by atoms with E-state index in [9.17, 15) is 58.6 Å². The minimum absolute atomic E-state index is 0. The predicted octanol–water partition coefficient (Wildman–Crippen LogP) is -0.173. The zero-order valence-electron chi connectivity index (χ0n) is 32.4. The van der Waals surface area contributed by atoms with Gasteiger partial charge in [0.05, 0.1) is 45.6 Å². The third kappa shape index (κ3) is 10.9. The number of fused-ring (bicyclic) bond motifs is 2. The van der Waals surface area contributed by atoms with Gasteiger partial charge in [-0.2, -0.15) is 0 Å². The van der Waals surface area contributed by atoms with Crippen molar-refractivity contribution in [1.82, 2.24) is 9.79 Å². The van der Waals surface area contributed by atoms with E-state index in [4.69, 9.17) is 20.4 Å². The number of hydrogen-bond donors (Lipinski definition) is 5. The summed E-state index contributed by atoms with van der Waals surface area (Å²) < 4.78 is 105. The number of hydrogen-bond acceptors (Lipinski definition) is 15. The molecule has 3 aliphatic rings. The fourth-order valence-corrected chi connectivity index (χ4v) is 9.26. The van der Waals surface area contributed by atoms with E-state index in [1.807, 2.05) is 0 Å². The molecule has 2 aromatic carbocycles. The lowest BCUT2D eigenvalue weighted by Crippen LogP contribution is -3.17. The molecule has 60 heavy (non-hydrogen) atoms. The van der Waals surface area contributed by atoms with Gasteiger partial charge >= 0.3 is 11.9 Å². The van der Waals surface area contributed by atoms with Crippen LogP contribution >= 0.6 is 0 Å². The molecule has 1 saturated heterocycles. The Labute approximate surface area is 346 Å². The van der Waals surface area contributed by atoms with Gasteiger partial charge in [-0.1, -0.05) is 13.5 Å². The van der Waals surface area contributed by atoms with Crippen molar-refractivity contribution in [3.8, 4) is 22.5 Å². The average molecular weight is 898 g/mol. The van der Waals surface area contributed by atoms with Crippen molar-refractivity contribution in [3.63, 3.8) is 0 Å². The Morgan fingerprint density at radius 1 is 0.950 bits per heavy atom. The molecule has 0 radical (unpaired) electrons. The van der Waals surface area contributed by atoms with E-state index in [1.165, 1.54) is 18.7 Å². The van der Waals surface area contributed by atoms with Crippen molar-refractivity contribution in [2.24, 2.45) is 0 Å². The maximum absolute atomic E-state index is 13.5. The van der Waals surface area contributed by atoms with Gasteiger partial charge in [0.2, 0.25) is 15.4 Å². The zero-order chi connectivity index (χ0) is 44.4. The Hall–Kier alpha value is -5.30. The van der Waals surface area contributed by atoms with Crippen LogP contribution in [0.2, 0.25) is 0 Å². The van der Waals surface area contributed by atoms with Gasteiger partial charge in [-0.25, -0.2) is 39.6 Å². The monoisotopic (exact) mass is 897 g/mol. The second kappa shape index (κ2) is 19.0. The maximum atomic E-state index is 13.5. The Kier molecular flexibility index (Phi) is 15.5. The molecular weight excluding hydrogens is 851 g/mol. The molecule has 2 aliphatic heterocycles. The summed E-state index contributed by atoms with van der Waals surface area (Å²) in [6.45, 7) is 12.0. The molecule has 0 saturated carbocycles. The van der Waals surface area contributed by atoms with Gasteiger partial charge in [-0.15, -0.1) is 5.06 Å². The van der Waals surface area contributed by atoms with E-state index in [-0.39, 0.29) is 47.4 Å². The van der Waals surface area contributed by atoms with Crippen molar-refractivity contribution in [1.29, 1.82) is 0 Å². The van der Waals surface area contributed by atoms with Gasteiger partial charge < -0.3 is 34.1 Å². The lowest BCUT2D eigenvalue weighted by molar-refractivity contribution is -0.940. The molecule has 20 nitrogen and oxygen atoms in total. The van der Waals surface area contributed by atoms with Crippen molar-refractivity contribution in [3.05, 3.63) is 58.9 Å². The van der Waals surface area contributed by atoms with Gasteiger partial charge in [-0.3, -0.25) is 15.0 Å². The number of nitrogens with zero attached hydrogens (tertiary/aromatic N) is 1. The number of nitrogens with one attached hydrogen (secondary N) is 2. The first-order valence-electron chi connectivity index (χ1n) is 17.9. The third-order valence-electron chi connectivity index (χ3n) is 9.24. The van der Waals surface area contributed by atoms with E-state index >= 15 is 0 Å². The van der Waals surface area contributed by atoms with Crippen molar-refractivity contribution >= 4 is 70.7 Å². The number of carbonyl (C=O) groups is 4. The first kappa shape index (κ1) is 49.1. The summed E-state index contributed by atoms with van der Waals surface area (Å²) in [5.41, 5.74) is 2.96. The number of carbonyl (C=O) groups excluding carboxylic acids is 3. The molecular formula is C37H47N5O15S3. The fourth-order valence-electron chi connectivity index (χ4n) is 6.69. The molecule has 0 spiro atoms. The molecule has 7 N–H and O–H groups in total. The number of rotatable bonds is 14. The Morgan fingerprint density at radius 2 is 1.53 bits per heavy atom. The van der Waals surface area contributed by atoms with Crippen LogP contribution in [0.25, 0.3) is 33.4 Å². The summed E-state index contributed by atoms with van der Waals surface area (Å²) in [6.07, 6.45) is -0.876. The number of nitrogens with two attached hydrogens (primary N) is 2. The molecule has 23 heteroatoms. The molecule has 328 valence electrons.